The molecule has 4 fully saturated rings. The first-order valence-corrected chi connectivity index (χ1v) is 12.6. The molecule has 216 valence electrons. The van der Waals surface area contributed by atoms with Crippen LogP contribution in [0.1, 0.15) is 34.1 Å². The van der Waals surface area contributed by atoms with Gasteiger partial charge in [0.25, 0.3) is 0 Å². The zero-order chi connectivity index (χ0) is 26.6. The van der Waals surface area contributed by atoms with Gasteiger partial charge in [0.05, 0.1) is 19.3 Å². The second-order valence-electron chi connectivity index (χ2n) is 10.3. The first-order valence-electron chi connectivity index (χ1n) is 12.6. The minimum atomic E-state index is -0.795. The van der Waals surface area contributed by atoms with Crippen molar-refractivity contribution in [1.82, 2.24) is 0 Å². The molecule has 4 aliphatic rings. The zero-order valence-corrected chi connectivity index (χ0v) is 22.7. The maximum Gasteiger partial charge on any atom is 0.190 e. The molecule has 4 saturated heterocycles. The molecule has 0 aliphatic carbocycles. The standard InChI is InChI=1S/C24H42O13/c1-23(2)34-19-16(33-22-21(20(19)35-23)36-24(3,4)37-22)10-29-17-8-14(30-12-26-6)18(31-13-27-7)15(32-17)9-28-11-25-5/h14-22H,8-13H2,1-7H3/t14-,15-,16-,17+,18-,19+,20+,21-,22-/m1/s1. The third kappa shape index (κ3) is 7.37. The fraction of sp³-hybridized carbons (Fsp3) is 1.00. The molecule has 4 rings (SSSR count). The largest absolute Gasteiger partial charge is 0.359 e. The van der Waals surface area contributed by atoms with Crippen molar-refractivity contribution in [2.75, 3.05) is 54.9 Å². The van der Waals surface area contributed by atoms with Crippen LogP contribution in [0.2, 0.25) is 0 Å². The van der Waals surface area contributed by atoms with E-state index in [0.717, 1.165) is 0 Å². The van der Waals surface area contributed by atoms with Crippen LogP contribution in [0.4, 0.5) is 0 Å². The normalized spacial score (nSPS) is 40.5. The van der Waals surface area contributed by atoms with Crippen molar-refractivity contribution in [2.45, 2.75) is 101 Å². The van der Waals surface area contributed by atoms with Gasteiger partial charge in [-0.2, -0.15) is 0 Å². The van der Waals surface area contributed by atoms with Crippen LogP contribution in [-0.4, -0.2) is 122 Å². The summed E-state index contributed by atoms with van der Waals surface area (Å²) < 4.78 is 75.7. The molecule has 0 bridgehead atoms. The van der Waals surface area contributed by atoms with E-state index in [9.17, 15) is 0 Å². The lowest BCUT2D eigenvalue weighted by molar-refractivity contribution is -0.306. The monoisotopic (exact) mass is 538 g/mol. The van der Waals surface area contributed by atoms with Gasteiger partial charge in [0.1, 0.15) is 57.0 Å². The molecule has 4 aliphatic heterocycles. The number of methoxy groups -OCH3 is 3. The number of hydrogen-bond donors (Lipinski definition) is 0. The van der Waals surface area contributed by atoms with Crippen LogP contribution < -0.4 is 0 Å². The third-order valence-corrected chi connectivity index (χ3v) is 6.44. The van der Waals surface area contributed by atoms with Crippen molar-refractivity contribution >= 4 is 0 Å². The van der Waals surface area contributed by atoms with E-state index in [2.05, 4.69) is 0 Å². The van der Waals surface area contributed by atoms with E-state index in [1.807, 2.05) is 27.7 Å². The molecule has 0 aromatic heterocycles. The zero-order valence-electron chi connectivity index (χ0n) is 22.7. The van der Waals surface area contributed by atoms with Gasteiger partial charge in [-0.15, -0.1) is 0 Å². The van der Waals surface area contributed by atoms with Crippen LogP contribution >= 0.6 is 0 Å². The van der Waals surface area contributed by atoms with E-state index in [-0.39, 0.29) is 39.7 Å². The topological polar surface area (TPSA) is 120 Å². The van der Waals surface area contributed by atoms with Gasteiger partial charge in [0, 0.05) is 27.8 Å². The van der Waals surface area contributed by atoms with Gasteiger partial charge < -0.3 is 61.6 Å². The second-order valence-corrected chi connectivity index (χ2v) is 10.3. The summed E-state index contributed by atoms with van der Waals surface area (Å²) in [5, 5.41) is 0. The van der Waals surface area contributed by atoms with E-state index >= 15 is 0 Å². The van der Waals surface area contributed by atoms with Gasteiger partial charge in [0.2, 0.25) is 0 Å². The van der Waals surface area contributed by atoms with Crippen molar-refractivity contribution in [1.29, 1.82) is 0 Å². The molecule has 0 saturated carbocycles. The van der Waals surface area contributed by atoms with Crippen LogP contribution in [0.3, 0.4) is 0 Å². The Morgan fingerprint density at radius 1 is 0.649 bits per heavy atom. The lowest BCUT2D eigenvalue weighted by Crippen LogP contribution is -2.57. The smallest absolute Gasteiger partial charge is 0.190 e. The maximum atomic E-state index is 6.25. The highest BCUT2D eigenvalue weighted by Gasteiger charge is 2.60. The SMILES string of the molecule is COCOC[C@H]1O[C@H](OC[C@H]2O[C@@H]3OC(C)(C)O[C@@H]3[C@H]3OC(C)(C)O[C@H]32)C[C@@H](OCOC)[C@H]1OCOC. The molecule has 9 atom stereocenters. The van der Waals surface area contributed by atoms with Gasteiger partial charge in [-0.1, -0.05) is 0 Å². The fourth-order valence-corrected chi connectivity index (χ4v) is 5.09. The lowest BCUT2D eigenvalue weighted by Gasteiger charge is -2.42. The fourth-order valence-electron chi connectivity index (χ4n) is 5.09. The van der Waals surface area contributed by atoms with Gasteiger partial charge in [-0.25, -0.2) is 0 Å². The predicted octanol–water partition coefficient (Wildman–Crippen LogP) is 1.11. The van der Waals surface area contributed by atoms with E-state index in [1.54, 1.807) is 21.3 Å². The highest BCUT2D eigenvalue weighted by atomic mass is 16.9. The third-order valence-electron chi connectivity index (χ3n) is 6.44. The molecule has 13 heteroatoms. The molecule has 0 spiro atoms. The molecule has 4 heterocycles. The number of rotatable bonds is 13. The molecule has 37 heavy (non-hydrogen) atoms. The molecular weight excluding hydrogens is 496 g/mol. The average molecular weight is 539 g/mol. The summed E-state index contributed by atoms with van der Waals surface area (Å²) in [6.45, 7) is 8.07. The van der Waals surface area contributed by atoms with E-state index in [1.165, 1.54) is 0 Å². The van der Waals surface area contributed by atoms with Gasteiger partial charge >= 0.3 is 0 Å². The Morgan fingerprint density at radius 2 is 1.30 bits per heavy atom. The first-order chi connectivity index (χ1) is 17.7. The van der Waals surface area contributed by atoms with Crippen molar-refractivity contribution in [2.24, 2.45) is 0 Å². The summed E-state index contributed by atoms with van der Waals surface area (Å²) in [6, 6.07) is 0. The summed E-state index contributed by atoms with van der Waals surface area (Å²) >= 11 is 0. The summed E-state index contributed by atoms with van der Waals surface area (Å²) in [5.74, 6) is -1.59. The van der Waals surface area contributed by atoms with Crippen molar-refractivity contribution in [3.63, 3.8) is 0 Å². The Bertz CT molecular complexity index is 706. The molecule has 0 aromatic rings. The Balaban J connectivity index is 1.43. The van der Waals surface area contributed by atoms with Crippen LogP contribution in [0.5, 0.6) is 0 Å². The molecule has 0 amide bonds. The first kappa shape index (κ1) is 29.5. The quantitative estimate of drug-likeness (QED) is 0.246. The van der Waals surface area contributed by atoms with Crippen molar-refractivity contribution in [3.05, 3.63) is 0 Å². The Labute approximate surface area is 218 Å². The van der Waals surface area contributed by atoms with Crippen LogP contribution in [0, 0.1) is 0 Å². The molecule has 0 radical (unpaired) electrons. The Hall–Kier alpha value is -0.520. The van der Waals surface area contributed by atoms with E-state index in [0.29, 0.717) is 6.42 Å². The predicted molar refractivity (Wildman–Crippen MR) is 123 cm³/mol. The number of hydrogen-bond acceptors (Lipinski definition) is 13. The molecule has 13 nitrogen and oxygen atoms in total. The minimum absolute atomic E-state index is 0.0697. The van der Waals surface area contributed by atoms with Gasteiger partial charge in [0.15, 0.2) is 24.2 Å². The summed E-state index contributed by atoms with van der Waals surface area (Å²) in [5.41, 5.74) is 0. The van der Waals surface area contributed by atoms with Gasteiger partial charge in [-0.3, -0.25) is 0 Å². The summed E-state index contributed by atoms with van der Waals surface area (Å²) in [7, 11) is 4.66. The maximum absolute atomic E-state index is 6.25. The summed E-state index contributed by atoms with van der Waals surface area (Å²) in [4.78, 5) is 0. The average Bonchev–Trinajstić information content (AvgIpc) is 3.34. The Kier molecular flexibility index (Phi) is 10.2. The van der Waals surface area contributed by atoms with E-state index in [4.69, 9.17) is 61.6 Å². The van der Waals surface area contributed by atoms with Crippen LogP contribution in [-0.2, 0) is 61.6 Å². The molecular formula is C24H42O13. The number of ether oxygens (including phenoxy) is 13. The summed E-state index contributed by atoms with van der Waals surface area (Å²) in [6.07, 6.45) is -3.87. The lowest BCUT2D eigenvalue weighted by atomic mass is 9.99. The van der Waals surface area contributed by atoms with Crippen LogP contribution in [0.15, 0.2) is 0 Å². The highest BCUT2D eigenvalue weighted by molar-refractivity contribution is 5.00. The van der Waals surface area contributed by atoms with E-state index < -0.39 is 60.8 Å². The van der Waals surface area contributed by atoms with Gasteiger partial charge in [-0.05, 0) is 27.7 Å². The van der Waals surface area contributed by atoms with Crippen LogP contribution in [0.25, 0.3) is 0 Å². The molecule has 0 aromatic carbocycles. The van der Waals surface area contributed by atoms with Crippen molar-refractivity contribution < 1.29 is 61.6 Å². The van der Waals surface area contributed by atoms with Crippen molar-refractivity contribution in [3.8, 4) is 0 Å². The highest BCUT2D eigenvalue weighted by Crippen LogP contribution is 2.44. The second kappa shape index (κ2) is 12.8. The number of fused-ring (bicyclic) bond motifs is 3. The molecule has 0 unspecified atom stereocenters. The molecule has 0 N–H and O–H groups in total. The Morgan fingerprint density at radius 3 is 2.03 bits per heavy atom. The minimum Gasteiger partial charge on any atom is -0.359 e.